The summed E-state index contributed by atoms with van der Waals surface area (Å²) in [5.41, 5.74) is 0. The predicted molar refractivity (Wildman–Crippen MR) is 46.2 cm³/mol. The minimum Gasteiger partial charge on any atom is -0.372 e. The van der Waals surface area contributed by atoms with Gasteiger partial charge in [0.25, 0.3) is 0 Å². The molecular weight excluding hydrogens is 168 g/mol. The second kappa shape index (κ2) is 2.35. The first-order valence-electron chi connectivity index (χ1n) is 4.81. The van der Waals surface area contributed by atoms with Crippen LogP contribution in [0.4, 0.5) is 0 Å². The zero-order valence-corrected chi connectivity index (χ0v) is 7.90. The number of epoxide rings is 1. The first-order chi connectivity index (χ1) is 6.16. The average Bonchev–Trinajstić information content (AvgIpc) is 2.72. The van der Waals surface area contributed by atoms with Gasteiger partial charge in [-0.25, -0.2) is 0 Å². The van der Waals surface area contributed by atoms with Crippen molar-refractivity contribution in [1.29, 1.82) is 0 Å². The van der Waals surface area contributed by atoms with Gasteiger partial charge in [-0.15, -0.1) is 0 Å². The summed E-state index contributed by atoms with van der Waals surface area (Å²) in [7, 11) is 0. The summed E-state index contributed by atoms with van der Waals surface area (Å²) in [4.78, 5) is 0. The summed E-state index contributed by atoms with van der Waals surface area (Å²) in [5, 5.41) is 0. The lowest BCUT2D eigenvalue weighted by Gasteiger charge is -2.19. The normalized spacial score (nSPS) is 50.9. The molecule has 3 aliphatic rings. The molecule has 0 bridgehead atoms. The highest BCUT2D eigenvalue weighted by Gasteiger charge is 2.51. The Balaban J connectivity index is 1.79. The van der Waals surface area contributed by atoms with Gasteiger partial charge in [0.2, 0.25) is 0 Å². The molecule has 0 N–H and O–H groups in total. The quantitative estimate of drug-likeness (QED) is 0.449. The van der Waals surface area contributed by atoms with Crippen LogP contribution in [0.15, 0.2) is 12.2 Å². The van der Waals surface area contributed by atoms with Crippen LogP contribution in [0.3, 0.4) is 0 Å². The van der Waals surface area contributed by atoms with Gasteiger partial charge in [-0.1, -0.05) is 12.2 Å². The van der Waals surface area contributed by atoms with E-state index in [0.717, 1.165) is 6.61 Å². The van der Waals surface area contributed by atoms with Crippen molar-refractivity contribution in [3.8, 4) is 0 Å². The third-order valence-electron chi connectivity index (χ3n) is 2.85. The molecule has 3 nitrogen and oxygen atoms in total. The van der Waals surface area contributed by atoms with Crippen molar-refractivity contribution >= 4 is 0 Å². The summed E-state index contributed by atoms with van der Waals surface area (Å²) in [6.07, 6.45) is 4.98. The Bertz CT molecular complexity index is 255. The molecule has 2 fully saturated rings. The SMILES string of the molecule is CC1(C)O[C@@H]2[C@@H](C=C[C@H]2C2CO2)O1. The van der Waals surface area contributed by atoms with Gasteiger partial charge in [0.1, 0.15) is 6.10 Å². The standard InChI is InChI=1S/C10H14O3/c1-10(2)12-7-4-3-6(8-5-11-8)9(7)13-10/h3-4,6-9H,5H2,1-2H3/t6-,7+,8?,9-/m0/s1. The van der Waals surface area contributed by atoms with E-state index in [4.69, 9.17) is 14.2 Å². The molecule has 3 heteroatoms. The van der Waals surface area contributed by atoms with E-state index in [0.29, 0.717) is 12.0 Å². The Labute approximate surface area is 77.7 Å². The Kier molecular flexibility index (Phi) is 1.44. The summed E-state index contributed by atoms with van der Waals surface area (Å²) < 4.78 is 16.8. The Morgan fingerprint density at radius 1 is 1.23 bits per heavy atom. The molecular formula is C10H14O3. The Morgan fingerprint density at radius 3 is 2.69 bits per heavy atom. The van der Waals surface area contributed by atoms with Gasteiger partial charge in [0.15, 0.2) is 5.79 Å². The van der Waals surface area contributed by atoms with E-state index in [2.05, 4.69) is 12.2 Å². The zero-order chi connectivity index (χ0) is 9.05. The van der Waals surface area contributed by atoms with Crippen LogP contribution in [0, 0.1) is 5.92 Å². The minimum absolute atomic E-state index is 0.143. The van der Waals surface area contributed by atoms with E-state index in [9.17, 15) is 0 Å². The number of hydrogen-bond acceptors (Lipinski definition) is 3. The Morgan fingerprint density at radius 2 is 2.00 bits per heavy atom. The molecule has 1 unspecified atom stereocenters. The maximum absolute atomic E-state index is 5.82. The lowest BCUT2D eigenvalue weighted by molar-refractivity contribution is -0.148. The van der Waals surface area contributed by atoms with E-state index >= 15 is 0 Å². The summed E-state index contributed by atoms with van der Waals surface area (Å²) >= 11 is 0. The molecule has 2 heterocycles. The van der Waals surface area contributed by atoms with Crippen LogP contribution in [0.25, 0.3) is 0 Å². The maximum Gasteiger partial charge on any atom is 0.164 e. The molecule has 0 aromatic carbocycles. The summed E-state index contributed by atoms with van der Waals surface area (Å²) in [5.74, 6) is -0.0143. The van der Waals surface area contributed by atoms with Crippen LogP contribution in [-0.2, 0) is 14.2 Å². The van der Waals surface area contributed by atoms with Gasteiger partial charge >= 0.3 is 0 Å². The molecule has 0 aromatic rings. The van der Waals surface area contributed by atoms with E-state index in [1.54, 1.807) is 0 Å². The molecule has 13 heavy (non-hydrogen) atoms. The fourth-order valence-corrected chi connectivity index (χ4v) is 2.22. The zero-order valence-electron chi connectivity index (χ0n) is 7.90. The number of ether oxygens (including phenoxy) is 3. The molecule has 0 saturated carbocycles. The number of hydrogen-bond donors (Lipinski definition) is 0. The molecule has 4 atom stereocenters. The smallest absolute Gasteiger partial charge is 0.164 e. The van der Waals surface area contributed by atoms with Gasteiger partial charge in [-0.2, -0.15) is 0 Å². The molecule has 2 aliphatic heterocycles. The summed E-state index contributed by atoms with van der Waals surface area (Å²) in [6.45, 7) is 4.80. The fraction of sp³-hybridized carbons (Fsp3) is 0.800. The third kappa shape index (κ3) is 1.23. The third-order valence-corrected chi connectivity index (χ3v) is 2.85. The second-order valence-corrected chi connectivity index (χ2v) is 4.40. The number of rotatable bonds is 1. The predicted octanol–water partition coefficient (Wildman–Crippen LogP) is 1.09. The topological polar surface area (TPSA) is 31.0 Å². The van der Waals surface area contributed by atoms with Crippen LogP contribution in [0.5, 0.6) is 0 Å². The van der Waals surface area contributed by atoms with E-state index in [1.165, 1.54) is 0 Å². The van der Waals surface area contributed by atoms with Gasteiger partial charge in [0, 0.05) is 5.92 Å². The van der Waals surface area contributed by atoms with E-state index in [-0.39, 0.29) is 12.2 Å². The van der Waals surface area contributed by atoms with Crippen LogP contribution in [-0.4, -0.2) is 30.7 Å². The van der Waals surface area contributed by atoms with Crippen molar-refractivity contribution < 1.29 is 14.2 Å². The van der Waals surface area contributed by atoms with Crippen LogP contribution >= 0.6 is 0 Å². The molecule has 0 amide bonds. The first kappa shape index (κ1) is 7.97. The van der Waals surface area contributed by atoms with Crippen molar-refractivity contribution in [2.45, 2.75) is 37.9 Å². The molecule has 2 saturated heterocycles. The molecule has 0 aromatic heterocycles. The maximum atomic E-state index is 5.82. The van der Waals surface area contributed by atoms with Crippen LogP contribution in [0.2, 0.25) is 0 Å². The van der Waals surface area contributed by atoms with Gasteiger partial charge in [-0.05, 0) is 13.8 Å². The molecule has 72 valence electrons. The highest BCUT2D eigenvalue weighted by Crippen LogP contribution is 2.41. The first-order valence-corrected chi connectivity index (χ1v) is 4.81. The highest BCUT2D eigenvalue weighted by molar-refractivity contribution is 5.15. The minimum atomic E-state index is -0.423. The fourth-order valence-electron chi connectivity index (χ4n) is 2.22. The Hall–Kier alpha value is -0.380. The molecule has 0 radical (unpaired) electrons. The molecule has 1 aliphatic carbocycles. The van der Waals surface area contributed by atoms with Crippen molar-refractivity contribution in [3.63, 3.8) is 0 Å². The average molecular weight is 182 g/mol. The van der Waals surface area contributed by atoms with Gasteiger partial charge in [0.05, 0.1) is 18.8 Å². The monoisotopic (exact) mass is 182 g/mol. The van der Waals surface area contributed by atoms with E-state index < -0.39 is 5.79 Å². The lowest BCUT2D eigenvalue weighted by Crippen LogP contribution is -2.28. The largest absolute Gasteiger partial charge is 0.372 e. The van der Waals surface area contributed by atoms with Crippen LogP contribution in [0.1, 0.15) is 13.8 Å². The van der Waals surface area contributed by atoms with Crippen LogP contribution < -0.4 is 0 Å². The highest BCUT2D eigenvalue weighted by atomic mass is 16.8. The van der Waals surface area contributed by atoms with E-state index in [1.807, 2.05) is 13.8 Å². The molecule has 3 rings (SSSR count). The van der Waals surface area contributed by atoms with Crippen molar-refractivity contribution in [3.05, 3.63) is 12.2 Å². The van der Waals surface area contributed by atoms with Gasteiger partial charge in [-0.3, -0.25) is 0 Å². The second-order valence-electron chi connectivity index (χ2n) is 4.40. The molecule has 0 spiro atoms. The van der Waals surface area contributed by atoms with Crippen molar-refractivity contribution in [2.75, 3.05) is 6.61 Å². The summed E-state index contributed by atoms with van der Waals surface area (Å²) in [6, 6.07) is 0. The number of fused-ring (bicyclic) bond motifs is 1. The van der Waals surface area contributed by atoms with Crippen molar-refractivity contribution in [1.82, 2.24) is 0 Å². The van der Waals surface area contributed by atoms with Gasteiger partial charge < -0.3 is 14.2 Å². The van der Waals surface area contributed by atoms with Crippen molar-refractivity contribution in [2.24, 2.45) is 5.92 Å². The lowest BCUT2D eigenvalue weighted by atomic mass is 10.0.